The van der Waals surface area contributed by atoms with Crippen LogP contribution in [0.5, 0.6) is 5.75 Å². The predicted octanol–water partition coefficient (Wildman–Crippen LogP) is 3.42. The SMILES string of the molecule is CCN(C(=O)C(CS)NC(=O)OC(C)(C)C)C(C(=O)NCc1ccccc1)c1ccccc1O. The van der Waals surface area contributed by atoms with Gasteiger partial charge in [0.15, 0.2) is 0 Å². The maximum absolute atomic E-state index is 13.5. The van der Waals surface area contributed by atoms with E-state index in [2.05, 4.69) is 23.3 Å². The summed E-state index contributed by atoms with van der Waals surface area (Å²) in [6, 6.07) is 13.6. The number of alkyl carbamates (subject to hydrolysis) is 1. The molecule has 2 aromatic rings. The van der Waals surface area contributed by atoms with Crippen LogP contribution in [0.4, 0.5) is 4.79 Å². The molecule has 8 nitrogen and oxygen atoms in total. The van der Waals surface area contributed by atoms with E-state index in [4.69, 9.17) is 4.74 Å². The van der Waals surface area contributed by atoms with Gasteiger partial charge in [-0.25, -0.2) is 4.79 Å². The minimum Gasteiger partial charge on any atom is -0.508 e. The van der Waals surface area contributed by atoms with Crippen molar-refractivity contribution in [2.75, 3.05) is 12.3 Å². The molecule has 0 radical (unpaired) electrons. The average Bonchev–Trinajstić information content (AvgIpc) is 2.79. The van der Waals surface area contributed by atoms with E-state index in [-0.39, 0.29) is 30.2 Å². The van der Waals surface area contributed by atoms with Crippen molar-refractivity contribution >= 4 is 30.5 Å². The third-order valence-electron chi connectivity index (χ3n) is 4.90. The topological polar surface area (TPSA) is 108 Å². The molecule has 2 atom stereocenters. The Morgan fingerprint density at radius 3 is 2.24 bits per heavy atom. The van der Waals surface area contributed by atoms with Crippen molar-refractivity contribution in [1.82, 2.24) is 15.5 Å². The summed E-state index contributed by atoms with van der Waals surface area (Å²) in [5.41, 5.74) is 0.425. The number of benzene rings is 2. The van der Waals surface area contributed by atoms with Gasteiger partial charge in [0.1, 0.15) is 23.4 Å². The molecule has 0 saturated heterocycles. The molecule has 0 aliphatic carbocycles. The van der Waals surface area contributed by atoms with Crippen LogP contribution in [-0.2, 0) is 20.9 Å². The molecule has 34 heavy (non-hydrogen) atoms. The van der Waals surface area contributed by atoms with E-state index in [1.807, 2.05) is 30.3 Å². The second-order valence-electron chi connectivity index (χ2n) is 8.67. The largest absolute Gasteiger partial charge is 0.508 e. The van der Waals surface area contributed by atoms with Gasteiger partial charge in [-0.3, -0.25) is 9.59 Å². The first-order valence-corrected chi connectivity index (χ1v) is 11.7. The Hall–Kier alpha value is -3.20. The third-order valence-corrected chi connectivity index (χ3v) is 5.26. The van der Waals surface area contributed by atoms with E-state index >= 15 is 0 Å². The maximum atomic E-state index is 13.5. The molecule has 0 bridgehead atoms. The predicted molar refractivity (Wildman–Crippen MR) is 134 cm³/mol. The standard InChI is InChI=1S/C25H33N3O5S/c1-5-28(23(31)19(16-34)27-24(32)33-25(2,3)4)21(18-13-9-10-14-20(18)29)22(30)26-15-17-11-7-6-8-12-17/h6-14,19,21,29,34H,5,15-16H2,1-4H3,(H,26,30)(H,27,32). The first-order valence-electron chi connectivity index (χ1n) is 11.1. The highest BCUT2D eigenvalue weighted by atomic mass is 32.1. The number of nitrogens with one attached hydrogen (secondary N) is 2. The van der Waals surface area contributed by atoms with Gasteiger partial charge in [0.25, 0.3) is 0 Å². The Morgan fingerprint density at radius 1 is 1.06 bits per heavy atom. The third kappa shape index (κ3) is 7.69. The van der Waals surface area contributed by atoms with Gasteiger partial charge in [-0.15, -0.1) is 0 Å². The number of ether oxygens (including phenoxy) is 1. The van der Waals surface area contributed by atoms with Gasteiger partial charge in [-0.05, 0) is 39.3 Å². The summed E-state index contributed by atoms with van der Waals surface area (Å²) in [6.07, 6.45) is -0.761. The quantitative estimate of drug-likeness (QED) is 0.406. The van der Waals surface area contributed by atoms with Gasteiger partial charge in [-0.2, -0.15) is 12.6 Å². The Kier molecular flexibility index (Phi) is 9.80. The van der Waals surface area contributed by atoms with Crippen LogP contribution in [0.15, 0.2) is 54.6 Å². The van der Waals surface area contributed by atoms with Crippen molar-refractivity contribution in [3.63, 3.8) is 0 Å². The van der Waals surface area contributed by atoms with Gasteiger partial charge in [-0.1, -0.05) is 48.5 Å². The van der Waals surface area contributed by atoms with Crippen molar-refractivity contribution in [3.05, 3.63) is 65.7 Å². The Labute approximate surface area is 206 Å². The summed E-state index contributed by atoms with van der Waals surface area (Å²) in [7, 11) is 0. The number of rotatable bonds is 9. The minimum absolute atomic E-state index is 0.00625. The van der Waals surface area contributed by atoms with E-state index in [1.165, 1.54) is 11.0 Å². The molecular formula is C25H33N3O5S. The molecule has 9 heteroatoms. The molecule has 2 aromatic carbocycles. The molecule has 0 aliphatic heterocycles. The van der Waals surface area contributed by atoms with Gasteiger partial charge < -0.3 is 25.4 Å². The monoisotopic (exact) mass is 487 g/mol. The van der Waals surface area contributed by atoms with Crippen LogP contribution in [0.2, 0.25) is 0 Å². The summed E-state index contributed by atoms with van der Waals surface area (Å²) in [6.45, 7) is 7.27. The summed E-state index contributed by atoms with van der Waals surface area (Å²) >= 11 is 4.22. The maximum Gasteiger partial charge on any atom is 0.408 e. The number of para-hydroxylation sites is 1. The van der Waals surface area contributed by atoms with Crippen molar-refractivity contribution in [2.24, 2.45) is 0 Å². The van der Waals surface area contributed by atoms with Crippen LogP contribution in [0.3, 0.4) is 0 Å². The van der Waals surface area contributed by atoms with Gasteiger partial charge >= 0.3 is 6.09 Å². The first kappa shape index (κ1) is 27.0. The average molecular weight is 488 g/mol. The summed E-state index contributed by atoms with van der Waals surface area (Å²) in [5.74, 6) is -1.11. The first-order chi connectivity index (χ1) is 16.1. The van der Waals surface area contributed by atoms with Gasteiger partial charge in [0.05, 0.1) is 0 Å². The van der Waals surface area contributed by atoms with E-state index in [1.54, 1.807) is 45.9 Å². The van der Waals surface area contributed by atoms with Crippen LogP contribution in [0.1, 0.15) is 44.9 Å². The molecule has 2 rings (SSSR count). The number of nitrogens with zero attached hydrogens (tertiary/aromatic N) is 1. The molecule has 184 valence electrons. The second kappa shape index (κ2) is 12.3. The number of likely N-dealkylation sites (N-methyl/N-ethyl adjacent to an activating group) is 1. The molecule has 0 heterocycles. The summed E-state index contributed by atoms with van der Waals surface area (Å²) in [4.78, 5) is 40.4. The number of phenolic OH excluding ortho intramolecular Hbond substituents is 1. The molecule has 3 amide bonds. The lowest BCUT2D eigenvalue weighted by Crippen LogP contribution is -2.53. The highest BCUT2D eigenvalue weighted by molar-refractivity contribution is 7.80. The number of phenols is 1. The number of aromatic hydroxyl groups is 1. The highest BCUT2D eigenvalue weighted by Crippen LogP contribution is 2.29. The van der Waals surface area contributed by atoms with E-state index in [9.17, 15) is 19.5 Å². The van der Waals surface area contributed by atoms with Crippen LogP contribution < -0.4 is 10.6 Å². The Bertz CT molecular complexity index is 978. The van der Waals surface area contributed by atoms with Crippen molar-refractivity contribution in [1.29, 1.82) is 0 Å². The molecule has 0 aliphatic rings. The number of hydrogen-bond acceptors (Lipinski definition) is 6. The van der Waals surface area contributed by atoms with Crippen LogP contribution >= 0.6 is 12.6 Å². The number of thiol groups is 1. The molecule has 2 unspecified atom stereocenters. The minimum atomic E-state index is -1.12. The number of carbonyl (C=O) groups is 3. The van der Waals surface area contributed by atoms with Crippen LogP contribution in [0.25, 0.3) is 0 Å². The summed E-state index contributed by atoms with van der Waals surface area (Å²) < 4.78 is 5.26. The van der Waals surface area contributed by atoms with E-state index < -0.39 is 35.6 Å². The molecule has 0 saturated carbocycles. The lowest BCUT2D eigenvalue weighted by Gasteiger charge is -2.33. The fourth-order valence-corrected chi connectivity index (χ4v) is 3.60. The second-order valence-corrected chi connectivity index (χ2v) is 9.04. The fraction of sp³-hybridized carbons (Fsp3) is 0.400. The van der Waals surface area contributed by atoms with Crippen molar-refractivity contribution in [3.8, 4) is 5.75 Å². The Morgan fingerprint density at radius 2 is 1.68 bits per heavy atom. The van der Waals surface area contributed by atoms with Crippen molar-refractivity contribution in [2.45, 2.75) is 51.9 Å². The molecule has 0 spiro atoms. The number of carbonyl (C=O) groups excluding carboxylic acids is 3. The fourth-order valence-electron chi connectivity index (χ4n) is 3.35. The number of amides is 3. The lowest BCUT2D eigenvalue weighted by atomic mass is 10.0. The van der Waals surface area contributed by atoms with Gasteiger partial charge in [0, 0.05) is 24.4 Å². The van der Waals surface area contributed by atoms with Gasteiger partial charge in [0.2, 0.25) is 11.8 Å². The zero-order valence-electron chi connectivity index (χ0n) is 19.9. The lowest BCUT2D eigenvalue weighted by molar-refractivity contribution is -0.141. The highest BCUT2D eigenvalue weighted by Gasteiger charge is 2.36. The van der Waals surface area contributed by atoms with E-state index in [0.29, 0.717) is 0 Å². The normalized spacial score (nSPS) is 12.9. The molecule has 3 N–H and O–H groups in total. The zero-order valence-corrected chi connectivity index (χ0v) is 20.8. The van der Waals surface area contributed by atoms with Crippen molar-refractivity contribution < 1.29 is 24.2 Å². The van der Waals surface area contributed by atoms with Crippen LogP contribution in [-0.4, -0.2) is 51.9 Å². The molecule has 0 fully saturated rings. The zero-order chi connectivity index (χ0) is 25.3. The number of hydrogen-bond donors (Lipinski definition) is 4. The smallest absolute Gasteiger partial charge is 0.408 e. The molecular weight excluding hydrogens is 454 g/mol. The van der Waals surface area contributed by atoms with Crippen LogP contribution in [0, 0.1) is 0 Å². The molecule has 0 aromatic heterocycles. The Balaban J connectivity index is 2.32. The summed E-state index contributed by atoms with van der Waals surface area (Å²) in [5, 5.41) is 15.9. The van der Waals surface area contributed by atoms with E-state index in [0.717, 1.165) is 5.56 Å².